The molecular formula is C8H13NO5. The molecule has 14 heavy (non-hydrogen) atoms. The zero-order valence-electron chi connectivity index (χ0n) is 8.27. The Morgan fingerprint density at radius 2 is 1.79 bits per heavy atom. The van der Waals surface area contributed by atoms with Crippen LogP contribution >= 0.6 is 0 Å². The predicted molar refractivity (Wildman–Crippen MR) is 45.9 cm³/mol. The van der Waals surface area contributed by atoms with Gasteiger partial charge in [-0.25, -0.2) is 9.59 Å². The van der Waals surface area contributed by atoms with E-state index in [1.165, 1.54) is 20.8 Å². The molecule has 1 fully saturated rings. The second-order valence-electron chi connectivity index (χ2n) is 3.93. The molecule has 6 nitrogen and oxygen atoms in total. The lowest BCUT2D eigenvalue weighted by molar-refractivity contribution is -0.148. The summed E-state index contributed by atoms with van der Waals surface area (Å²) in [5.41, 5.74) is -2.60. The fraction of sp³-hybridized carbons (Fsp3) is 0.750. The lowest BCUT2D eigenvalue weighted by Crippen LogP contribution is -2.57. The molecule has 2 N–H and O–H groups in total. The van der Waals surface area contributed by atoms with Crippen LogP contribution in [-0.4, -0.2) is 45.0 Å². The molecule has 1 atom stereocenters. The molecule has 0 aromatic heterocycles. The van der Waals surface area contributed by atoms with E-state index in [9.17, 15) is 9.59 Å². The van der Waals surface area contributed by atoms with E-state index < -0.39 is 23.3 Å². The molecule has 1 aliphatic rings. The summed E-state index contributed by atoms with van der Waals surface area (Å²) in [5, 5.41) is 17.9. The van der Waals surface area contributed by atoms with E-state index in [0.717, 1.165) is 4.90 Å². The summed E-state index contributed by atoms with van der Waals surface area (Å²) in [6, 6.07) is 0. The molecule has 0 spiro atoms. The lowest BCUT2D eigenvalue weighted by Gasteiger charge is -2.34. The van der Waals surface area contributed by atoms with Gasteiger partial charge in [0.05, 0.1) is 6.61 Å². The van der Waals surface area contributed by atoms with Crippen LogP contribution in [0.5, 0.6) is 0 Å². The number of hydrogen-bond donors (Lipinski definition) is 2. The quantitative estimate of drug-likeness (QED) is 0.650. The number of carbonyl (C=O) groups is 2. The number of hydrogen-bond acceptors (Lipinski definition) is 3. The summed E-state index contributed by atoms with van der Waals surface area (Å²) in [7, 11) is 0. The third-order valence-corrected chi connectivity index (χ3v) is 2.39. The van der Waals surface area contributed by atoms with Gasteiger partial charge in [0.15, 0.2) is 5.54 Å². The van der Waals surface area contributed by atoms with Crippen molar-refractivity contribution >= 4 is 12.1 Å². The standard InChI is InChI=1S/C8H13NO5/c1-7(2)9(6(12)13)8(3,4-14-7)5(10)11/h4H2,1-3H3,(H,10,11)(H,12,13). The molecule has 6 heteroatoms. The number of carboxylic acid groups (broad SMARTS) is 2. The topological polar surface area (TPSA) is 87.1 Å². The average molecular weight is 203 g/mol. The molecule has 1 aliphatic heterocycles. The van der Waals surface area contributed by atoms with E-state index in [1.54, 1.807) is 0 Å². The zero-order valence-corrected chi connectivity index (χ0v) is 8.27. The minimum Gasteiger partial charge on any atom is -0.479 e. The summed E-state index contributed by atoms with van der Waals surface area (Å²) in [6.07, 6.45) is -1.29. The first kappa shape index (κ1) is 10.8. The van der Waals surface area contributed by atoms with E-state index in [2.05, 4.69) is 0 Å². The molecule has 0 aromatic rings. The SMILES string of the molecule is CC1(C)OCC(C)(C(=O)O)N1C(=O)O. The third-order valence-electron chi connectivity index (χ3n) is 2.39. The summed E-state index contributed by atoms with van der Waals surface area (Å²) >= 11 is 0. The van der Waals surface area contributed by atoms with Crippen LogP contribution in [0.25, 0.3) is 0 Å². The Balaban J connectivity index is 3.13. The van der Waals surface area contributed by atoms with Crippen molar-refractivity contribution in [2.45, 2.75) is 32.0 Å². The van der Waals surface area contributed by atoms with E-state index in [-0.39, 0.29) is 6.61 Å². The van der Waals surface area contributed by atoms with Crippen LogP contribution in [0.2, 0.25) is 0 Å². The van der Waals surface area contributed by atoms with Crippen molar-refractivity contribution < 1.29 is 24.5 Å². The Kier molecular flexibility index (Phi) is 2.19. The van der Waals surface area contributed by atoms with Crippen LogP contribution in [0.3, 0.4) is 0 Å². The van der Waals surface area contributed by atoms with Crippen molar-refractivity contribution in [3.05, 3.63) is 0 Å². The molecule has 1 unspecified atom stereocenters. The lowest BCUT2D eigenvalue weighted by atomic mass is 10.0. The summed E-state index contributed by atoms with van der Waals surface area (Å²) < 4.78 is 5.16. The van der Waals surface area contributed by atoms with Gasteiger partial charge in [0, 0.05) is 0 Å². The summed E-state index contributed by atoms with van der Waals surface area (Å²) in [6.45, 7) is 4.24. The van der Waals surface area contributed by atoms with Crippen molar-refractivity contribution in [2.24, 2.45) is 0 Å². The number of amides is 1. The van der Waals surface area contributed by atoms with Crippen LogP contribution in [-0.2, 0) is 9.53 Å². The molecule has 1 heterocycles. The maximum absolute atomic E-state index is 10.9. The zero-order chi connectivity index (χ0) is 11.1. The molecule has 0 aromatic carbocycles. The van der Waals surface area contributed by atoms with E-state index in [0.29, 0.717) is 0 Å². The molecule has 1 saturated heterocycles. The second kappa shape index (κ2) is 2.84. The normalized spacial score (nSPS) is 30.4. The fourth-order valence-electron chi connectivity index (χ4n) is 1.64. The first-order valence-electron chi connectivity index (χ1n) is 4.12. The Hall–Kier alpha value is -1.30. The van der Waals surface area contributed by atoms with Gasteiger partial charge in [-0.05, 0) is 20.8 Å². The van der Waals surface area contributed by atoms with Gasteiger partial charge < -0.3 is 14.9 Å². The molecule has 0 radical (unpaired) electrons. The van der Waals surface area contributed by atoms with E-state index in [4.69, 9.17) is 14.9 Å². The van der Waals surface area contributed by atoms with Crippen LogP contribution < -0.4 is 0 Å². The minimum atomic E-state index is -1.50. The Morgan fingerprint density at radius 1 is 1.29 bits per heavy atom. The van der Waals surface area contributed by atoms with Crippen molar-refractivity contribution in [2.75, 3.05) is 6.61 Å². The highest BCUT2D eigenvalue weighted by Gasteiger charge is 2.56. The maximum atomic E-state index is 10.9. The number of carboxylic acids is 1. The smallest absolute Gasteiger partial charge is 0.410 e. The van der Waals surface area contributed by atoms with Gasteiger partial charge >= 0.3 is 12.1 Å². The van der Waals surface area contributed by atoms with Gasteiger partial charge in [-0.2, -0.15) is 0 Å². The fourth-order valence-corrected chi connectivity index (χ4v) is 1.64. The highest BCUT2D eigenvalue weighted by Crippen LogP contribution is 2.34. The van der Waals surface area contributed by atoms with Gasteiger partial charge in [0.25, 0.3) is 0 Å². The van der Waals surface area contributed by atoms with E-state index in [1.807, 2.05) is 0 Å². The molecule has 0 bridgehead atoms. The number of nitrogens with zero attached hydrogens (tertiary/aromatic N) is 1. The number of aliphatic carboxylic acids is 1. The van der Waals surface area contributed by atoms with Crippen LogP contribution in [0.4, 0.5) is 4.79 Å². The van der Waals surface area contributed by atoms with Crippen molar-refractivity contribution in [3.63, 3.8) is 0 Å². The van der Waals surface area contributed by atoms with E-state index >= 15 is 0 Å². The Bertz CT molecular complexity index is 287. The second-order valence-corrected chi connectivity index (χ2v) is 3.93. The number of rotatable bonds is 1. The first-order valence-corrected chi connectivity index (χ1v) is 4.12. The van der Waals surface area contributed by atoms with Crippen LogP contribution in [0.1, 0.15) is 20.8 Å². The first-order chi connectivity index (χ1) is 6.22. The maximum Gasteiger partial charge on any atom is 0.410 e. The van der Waals surface area contributed by atoms with Gasteiger partial charge in [-0.15, -0.1) is 0 Å². The summed E-state index contributed by atoms with van der Waals surface area (Å²) in [5.74, 6) is -1.20. The highest BCUT2D eigenvalue weighted by atomic mass is 16.5. The van der Waals surface area contributed by atoms with Crippen LogP contribution in [0.15, 0.2) is 0 Å². The van der Waals surface area contributed by atoms with Crippen molar-refractivity contribution in [1.29, 1.82) is 0 Å². The van der Waals surface area contributed by atoms with Gasteiger partial charge in [-0.1, -0.05) is 0 Å². The predicted octanol–water partition coefficient (Wildman–Crippen LogP) is 0.576. The molecular weight excluding hydrogens is 190 g/mol. The molecule has 80 valence electrons. The molecule has 1 rings (SSSR count). The Labute approximate surface area is 81.1 Å². The molecule has 0 aliphatic carbocycles. The molecule has 1 amide bonds. The summed E-state index contributed by atoms with van der Waals surface area (Å²) in [4.78, 5) is 22.7. The highest BCUT2D eigenvalue weighted by molar-refractivity contribution is 5.84. The average Bonchev–Trinajstić information content (AvgIpc) is 2.23. The van der Waals surface area contributed by atoms with Gasteiger partial charge in [0.2, 0.25) is 0 Å². The van der Waals surface area contributed by atoms with Crippen molar-refractivity contribution in [3.8, 4) is 0 Å². The minimum absolute atomic E-state index is 0.137. The monoisotopic (exact) mass is 203 g/mol. The van der Waals surface area contributed by atoms with Crippen LogP contribution in [0, 0.1) is 0 Å². The number of ether oxygens (including phenoxy) is 1. The Morgan fingerprint density at radius 3 is 2.07 bits per heavy atom. The third kappa shape index (κ3) is 1.31. The van der Waals surface area contributed by atoms with Gasteiger partial charge in [-0.3, -0.25) is 4.90 Å². The largest absolute Gasteiger partial charge is 0.479 e. The molecule has 0 saturated carbocycles. The van der Waals surface area contributed by atoms with Crippen molar-refractivity contribution in [1.82, 2.24) is 4.90 Å². The van der Waals surface area contributed by atoms with Gasteiger partial charge in [0.1, 0.15) is 5.72 Å².